The molecule has 0 rings (SSSR count). The fraction of sp³-hybridized carbons (Fsp3) is 0.818. The summed E-state index contributed by atoms with van der Waals surface area (Å²) in [5.74, 6) is -1.69. The molecule has 0 heterocycles. The largest absolute Gasteiger partial charge is 0.379 e. The molecule has 0 aliphatic heterocycles. The molecule has 0 saturated heterocycles. The third-order valence-electron chi connectivity index (χ3n) is 3.13. The molecule has 0 aliphatic rings. The Morgan fingerprint density at radius 1 is 1.21 bits per heavy atom. The maximum Gasteiger partial charge on any atom is 0.239 e. The van der Waals surface area contributed by atoms with Gasteiger partial charge in [-0.3, -0.25) is 9.59 Å². The van der Waals surface area contributed by atoms with Crippen molar-refractivity contribution in [3.63, 3.8) is 0 Å². The highest BCUT2D eigenvalue weighted by molar-refractivity contribution is 5.91. The van der Waals surface area contributed by atoms with Crippen LogP contribution in [0.2, 0.25) is 0 Å². The average molecular weight is 276 g/mol. The third kappa shape index (κ3) is 4.13. The fourth-order valence-electron chi connectivity index (χ4n) is 2.33. The van der Waals surface area contributed by atoms with Gasteiger partial charge in [0.1, 0.15) is 18.0 Å². The van der Waals surface area contributed by atoms with Crippen LogP contribution in [0.5, 0.6) is 0 Å². The smallest absolute Gasteiger partial charge is 0.239 e. The minimum absolute atomic E-state index is 0.294. The molecule has 4 atom stereocenters. The van der Waals surface area contributed by atoms with Gasteiger partial charge in [-0.25, -0.2) is 4.90 Å². The first-order chi connectivity index (χ1) is 8.57. The van der Waals surface area contributed by atoms with Crippen molar-refractivity contribution in [2.75, 3.05) is 0 Å². The highest BCUT2D eigenvalue weighted by Gasteiger charge is 2.46. The molecular weight excluding hydrogens is 252 g/mol. The lowest BCUT2D eigenvalue weighted by atomic mass is 9.83. The van der Waals surface area contributed by atoms with Crippen molar-refractivity contribution in [3.05, 3.63) is 0 Å². The summed E-state index contributed by atoms with van der Waals surface area (Å²) in [5, 5.41) is 19.4. The molecular formula is C11H24N4O4. The molecule has 0 aromatic rings. The predicted octanol–water partition coefficient (Wildman–Crippen LogP) is -2.20. The molecule has 8 heteroatoms. The maximum absolute atomic E-state index is 11.6. The molecule has 4 unspecified atom stereocenters. The molecule has 0 aromatic heterocycles. The summed E-state index contributed by atoms with van der Waals surface area (Å²) in [6, 6.07) is -0.822. The normalized spacial score (nSPS) is 19.5. The minimum atomic E-state index is -1.76. The third-order valence-corrected chi connectivity index (χ3v) is 3.13. The number of carbonyl (C=O) groups is 2. The second-order valence-electron chi connectivity index (χ2n) is 4.68. The number of hydrogen-bond acceptors (Lipinski definition) is 6. The van der Waals surface area contributed by atoms with Crippen molar-refractivity contribution in [3.8, 4) is 0 Å². The zero-order valence-electron chi connectivity index (χ0n) is 11.5. The first-order valence-electron chi connectivity index (χ1n) is 6.08. The van der Waals surface area contributed by atoms with Gasteiger partial charge in [0.2, 0.25) is 11.8 Å². The van der Waals surface area contributed by atoms with E-state index in [2.05, 4.69) is 0 Å². The summed E-state index contributed by atoms with van der Waals surface area (Å²) in [7, 11) is 0. The second kappa shape index (κ2) is 6.80. The van der Waals surface area contributed by atoms with Crippen LogP contribution in [0, 0.1) is 0 Å². The summed E-state index contributed by atoms with van der Waals surface area (Å²) in [6.45, 7) is 4.54. The van der Waals surface area contributed by atoms with E-state index in [1.807, 2.05) is 0 Å². The highest BCUT2D eigenvalue weighted by atomic mass is 16.3. The average Bonchev–Trinajstić information content (AvgIpc) is 2.22. The van der Waals surface area contributed by atoms with Gasteiger partial charge in [0, 0.05) is 6.04 Å². The van der Waals surface area contributed by atoms with Gasteiger partial charge >= 0.3 is 0 Å². The number of nitrogens with zero attached hydrogens (tertiary/aromatic N) is 1. The molecule has 19 heavy (non-hydrogen) atoms. The molecule has 0 bridgehead atoms. The molecule has 112 valence electrons. The molecule has 0 aliphatic carbocycles. The van der Waals surface area contributed by atoms with E-state index in [9.17, 15) is 19.8 Å². The first-order valence-corrected chi connectivity index (χ1v) is 6.08. The molecule has 0 spiro atoms. The van der Waals surface area contributed by atoms with Crippen LogP contribution in [-0.4, -0.2) is 51.0 Å². The minimum Gasteiger partial charge on any atom is -0.379 e. The van der Waals surface area contributed by atoms with Crippen molar-refractivity contribution in [2.24, 2.45) is 17.2 Å². The highest BCUT2D eigenvalue weighted by Crippen LogP contribution is 2.24. The van der Waals surface area contributed by atoms with Gasteiger partial charge in [-0.1, -0.05) is 6.92 Å². The van der Waals surface area contributed by atoms with Crippen molar-refractivity contribution in [1.82, 2.24) is 4.90 Å². The van der Waals surface area contributed by atoms with Gasteiger partial charge in [0.05, 0.1) is 6.42 Å². The van der Waals surface area contributed by atoms with Crippen LogP contribution in [0.3, 0.4) is 0 Å². The number of aliphatic hydroxyl groups excluding tert-OH is 2. The van der Waals surface area contributed by atoms with E-state index in [1.165, 1.54) is 18.7 Å². The lowest BCUT2D eigenvalue weighted by molar-refractivity contribution is -0.146. The number of aliphatic hydroxyl groups is 2. The molecule has 2 amide bonds. The Hall–Kier alpha value is -1.22. The molecule has 0 saturated carbocycles. The van der Waals surface area contributed by atoms with E-state index < -0.39 is 42.3 Å². The maximum atomic E-state index is 11.6. The van der Waals surface area contributed by atoms with Crippen molar-refractivity contribution < 1.29 is 19.8 Å². The molecule has 0 aromatic carbocycles. The number of amides is 2. The van der Waals surface area contributed by atoms with Crippen LogP contribution in [0.25, 0.3) is 0 Å². The van der Waals surface area contributed by atoms with Crippen LogP contribution in [0.1, 0.15) is 33.6 Å². The number of nitrogens with two attached hydrogens (primary N) is 3. The molecule has 0 radical (unpaired) electrons. The Bertz CT molecular complexity index is 327. The van der Waals surface area contributed by atoms with Crippen LogP contribution in [-0.2, 0) is 9.59 Å². The van der Waals surface area contributed by atoms with Gasteiger partial charge in [0.15, 0.2) is 0 Å². The van der Waals surface area contributed by atoms with Gasteiger partial charge in [-0.2, -0.15) is 0 Å². The molecule has 0 fully saturated rings. The topological polar surface area (TPSA) is 156 Å². The van der Waals surface area contributed by atoms with Crippen LogP contribution in [0.4, 0.5) is 0 Å². The van der Waals surface area contributed by atoms with Gasteiger partial charge in [-0.15, -0.1) is 0 Å². The van der Waals surface area contributed by atoms with Crippen LogP contribution < -0.4 is 17.2 Å². The Morgan fingerprint density at radius 2 is 1.63 bits per heavy atom. The van der Waals surface area contributed by atoms with E-state index in [4.69, 9.17) is 17.2 Å². The van der Waals surface area contributed by atoms with Crippen molar-refractivity contribution in [2.45, 2.75) is 57.6 Å². The van der Waals surface area contributed by atoms with Crippen molar-refractivity contribution in [1.29, 1.82) is 0 Å². The van der Waals surface area contributed by atoms with Crippen molar-refractivity contribution >= 4 is 11.8 Å². The summed E-state index contributed by atoms with van der Waals surface area (Å²) >= 11 is 0. The second-order valence-corrected chi connectivity index (χ2v) is 4.68. The first kappa shape index (κ1) is 17.8. The Labute approximate surface area is 112 Å². The summed E-state index contributed by atoms with van der Waals surface area (Å²) in [6.07, 6.45) is -2.31. The standard InChI is InChI=1S/C11H24N4O4/c1-4-8(15(6(2)16)7(3)17)11(14,10(13)19)5-9(12)18/h6-8,16-17H,4-5,14H2,1-3H3,(H2,12,18)(H2,13,19). The number of carbonyl (C=O) groups excluding carboxylic acids is 2. The Morgan fingerprint density at radius 3 is 1.84 bits per heavy atom. The Balaban J connectivity index is 5.58. The Kier molecular flexibility index (Phi) is 6.37. The van der Waals surface area contributed by atoms with E-state index in [1.54, 1.807) is 6.92 Å². The SMILES string of the molecule is CCC(N(C(C)O)C(C)O)C(N)(CC(N)=O)C(N)=O. The van der Waals surface area contributed by atoms with E-state index in [0.29, 0.717) is 6.42 Å². The van der Waals surface area contributed by atoms with Gasteiger partial charge < -0.3 is 27.4 Å². The zero-order valence-corrected chi connectivity index (χ0v) is 11.5. The van der Waals surface area contributed by atoms with Gasteiger partial charge in [0.25, 0.3) is 0 Å². The monoisotopic (exact) mass is 276 g/mol. The fourth-order valence-corrected chi connectivity index (χ4v) is 2.33. The quantitative estimate of drug-likeness (QED) is 0.317. The number of primary amides is 2. The van der Waals surface area contributed by atoms with E-state index in [-0.39, 0.29) is 0 Å². The van der Waals surface area contributed by atoms with Crippen LogP contribution >= 0.6 is 0 Å². The molecule has 8 nitrogen and oxygen atoms in total. The van der Waals surface area contributed by atoms with Gasteiger partial charge in [-0.05, 0) is 20.3 Å². The lowest BCUT2D eigenvalue weighted by Crippen LogP contribution is -2.68. The number of hydrogen-bond donors (Lipinski definition) is 5. The summed E-state index contributed by atoms with van der Waals surface area (Å²) in [5.41, 5.74) is 14.5. The summed E-state index contributed by atoms with van der Waals surface area (Å²) in [4.78, 5) is 23.9. The van der Waals surface area contributed by atoms with Crippen LogP contribution in [0.15, 0.2) is 0 Å². The lowest BCUT2D eigenvalue weighted by Gasteiger charge is -2.43. The summed E-state index contributed by atoms with van der Waals surface area (Å²) < 4.78 is 0. The molecule has 8 N–H and O–H groups in total. The predicted molar refractivity (Wildman–Crippen MR) is 69.2 cm³/mol. The van der Waals surface area contributed by atoms with E-state index in [0.717, 1.165) is 0 Å². The zero-order chi connectivity index (χ0) is 15.4. The van der Waals surface area contributed by atoms with E-state index >= 15 is 0 Å². The number of rotatable bonds is 8.